The number of carboxylic acids is 1. The molecule has 1 aliphatic heterocycles. The molecular formula is C10H18N2O3S. The van der Waals surface area contributed by atoms with Gasteiger partial charge in [0.1, 0.15) is 6.04 Å². The summed E-state index contributed by atoms with van der Waals surface area (Å²) in [6, 6.07) is -0.863. The van der Waals surface area contributed by atoms with Crippen molar-refractivity contribution < 1.29 is 14.7 Å². The maximum Gasteiger partial charge on any atom is 0.327 e. The Labute approximate surface area is 99.8 Å². The lowest BCUT2D eigenvalue weighted by Crippen LogP contribution is -2.48. The minimum Gasteiger partial charge on any atom is -0.480 e. The zero-order valence-corrected chi connectivity index (χ0v) is 10.7. The van der Waals surface area contributed by atoms with Crippen molar-refractivity contribution in [2.75, 3.05) is 25.2 Å². The molecule has 6 heteroatoms. The third kappa shape index (κ3) is 3.04. The van der Waals surface area contributed by atoms with Crippen molar-refractivity contribution in [2.45, 2.75) is 19.9 Å². The third-order valence-corrected chi connectivity index (χ3v) is 3.39. The Hall–Kier alpha value is -0.910. The number of thioether (sulfide) groups is 1. The first-order valence-electron chi connectivity index (χ1n) is 5.25. The van der Waals surface area contributed by atoms with E-state index in [1.807, 2.05) is 13.8 Å². The molecule has 0 bridgehead atoms. The number of carbonyl (C=O) groups is 2. The molecule has 5 nitrogen and oxygen atoms in total. The zero-order valence-electron chi connectivity index (χ0n) is 9.84. The van der Waals surface area contributed by atoms with Gasteiger partial charge in [-0.15, -0.1) is 11.8 Å². The minimum absolute atomic E-state index is 0.189. The molecule has 0 aliphatic carbocycles. The van der Waals surface area contributed by atoms with Gasteiger partial charge in [0.25, 0.3) is 0 Å². The summed E-state index contributed by atoms with van der Waals surface area (Å²) >= 11 is 1.48. The van der Waals surface area contributed by atoms with Gasteiger partial charge in [-0.1, -0.05) is 13.8 Å². The maximum atomic E-state index is 12.0. The van der Waals surface area contributed by atoms with Crippen molar-refractivity contribution in [1.29, 1.82) is 0 Å². The number of nitrogens with zero attached hydrogens (tertiary/aromatic N) is 2. The second-order valence-electron chi connectivity index (χ2n) is 4.38. The van der Waals surface area contributed by atoms with Crippen molar-refractivity contribution in [2.24, 2.45) is 5.92 Å². The van der Waals surface area contributed by atoms with Gasteiger partial charge in [-0.3, -0.25) is 0 Å². The highest BCUT2D eigenvalue weighted by Crippen LogP contribution is 2.22. The molecule has 16 heavy (non-hydrogen) atoms. The van der Waals surface area contributed by atoms with Crippen LogP contribution in [-0.4, -0.2) is 58.2 Å². The van der Waals surface area contributed by atoms with Crippen molar-refractivity contribution in [3.05, 3.63) is 0 Å². The van der Waals surface area contributed by atoms with Gasteiger partial charge in [0.15, 0.2) is 0 Å². The van der Waals surface area contributed by atoms with E-state index in [0.717, 1.165) is 0 Å². The number of carboxylic acid groups (broad SMARTS) is 1. The van der Waals surface area contributed by atoms with Crippen molar-refractivity contribution in [3.8, 4) is 0 Å². The molecule has 1 rings (SSSR count). The zero-order chi connectivity index (χ0) is 12.3. The monoisotopic (exact) mass is 246 g/mol. The van der Waals surface area contributed by atoms with Gasteiger partial charge in [-0.05, 0) is 5.92 Å². The number of hydrogen-bond donors (Lipinski definition) is 1. The fraction of sp³-hybridized carbons (Fsp3) is 0.800. The third-order valence-electron chi connectivity index (χ3n) is 2.38. The topological polar surface area (TPSA) is 60.9 Å². The molecule has 1 fully saturated rings. The smallest absolute Gasteiger partial charge is 0.327 e. The molecule has 1 heterocycles. The quantitative estimate of drug-likeness (QED) is 0.811. The molecule has 0 spiro atoms. The molecule has 1 aliphatic rings. The Morgan fingerprint density at radius 1 is 1.56 bits per heavy atom. The summed E-state index contributed by atoms with van der Waals surface area (Å²) in [5.41, 5.74) is 0. The normalized spacial score (nSPS) is 20.2. The van der Waals surface area contributed by atoms with Crippen LogP contribution in [0.25, 0.3) is 0 Å². The summed E-state index contributed by atoms with van der Waals surface area (Å²) in [6.07, 6.45) is 0. The van der Waals surface area contributed by atoms with Crippen LogP contribution in [-0.2, 0) is 4.79 Å². The number of urea groups is 1. The van der Waals surface area contributed by atoms with Gasteiger partial charge in [-0.25, -0.2) is 9.59 Å². The summed E-state index contributed by atoms with van der Waals surface area (Å²) in [6.45, 7) is 4.70. The molecule has 0 saturated carbocycles. The Bertz CT molecular complexity index is 283. The highest BCUT2D eigenvalue weighted by atomic mass is 32.2. The first kappa shape index (κ1) is 13.2. The summed E-state index contributed by atoms with van der Waals surface area (Å²) in [5, 5.41) is 8.97. The lowest BCUT2D eigenvalue weighted by atomic mass is 10.2. The number of rotatable bonds is 3. The van der Waals surface area contributed by atoms with Crippen LogP contribution < -0.4 is 0 Å². The molecule has 1 atom stereocenters. The molecule has 0 aromatic heterocycles. The van der Waals surface area contributed by atoms with Gasteiger partial charge < -0.3 is 14.9 Å². The largest absolute Gasteiger partial charge is 0.480 e. The van der Waals surface area contributed by atoms with Gasteiger partial charge in [0.05, 0.1) is 5.88 Å². The first-order valence-corrected chi connectivity index (χ1v) is 6.41. The summed E-state index contributed by atoms with van der Waals surface area (Å²) in [7, 11) is 1.71. The highest BCUT2D eigenvalue weighted by Gasteiger charge is 2.35. The number of carbonyl (C=O) groups excluding carboxylic acids is 1. The van der Waals surface area contributed by atoms with E-state index >= 15 is 0 Å². The van der Waals surface area contributed by atoms with Crippen LogP contribution in [0.2, 0.25) is 0 Å². The van der Waals surface area contributed by atoms with Crippen molar-refractivity contribution in [1.82, 2.24) is 9.80 Å². The van der Waals surface area contributed by atoms with E-state index < -0.39 is 12.0 Å². The molecule has 1 saturated heterocycles. The molecule has 0 radical (unpaired) electrons. The Balaban J connectivity index is 2.62. The van der Waals surface area contributed by atoms with E-state index in [2.05, 4.69) is 0 Å². The van der Waals surface area contributed by atoms with E-state index in [-0.39, 0.29) is 6.03 Å². The van der Waals surface area contributed by atoms with Crippen molar-refractivity contribution in [3.63, 3.8) is 0 Å². The molecular weight excluding hydrogens is 228 g/mol. The predicted octanol–water partition coefficient (Wildman–Crippen LogP) is 1.15. The SMILES string of the molecule is CC(C)CN(C)C(=O)N1CSC[C@H]1C(=O)O. The lowest BCUT2D eigenvalue weighted by Gasteiger charge is -2.27. The van der Waals surface area contributed by atoms with Crippen molar-refractivity contribution >= 4 is 23.8 Å². The van der Waals surface area contributed by atoms with Gasteiger partial charge in [0.2, 0.25) is 0 Å². The molecule has 1 N–H and O–H groups in total. The molecule has 0 unspecified atom stereocenters. The van der Waals surface area contributed by atoms with E-state index in [0.29, 0.717) is 24.1 Å². The second kappa shape index (κ2) is 5.43. The Morgan fingerprint density at radius 3 is 2.69 bits per heavy atom. The van der Waals surface area contributed by atoms with Gasteiger partial charge >= 0.3 is 12.0 Å². The average Bonchev–Trinajstić information content (AvgIpc) is 2.63. The van der Waals surface area contributed by atoms with Crippen LogP contribution in [0.4, 0.5) is 4.79 Å². The molecule has 2 amide bonds. The van der Waals surface area contributed by atoms with Crippen LogP contribution in [0.15, 0.2) is 0 Å². The first-order chi connectivity index (χ1) is 7.43. The Kier molecular flexibility index (Phi) is 4.46. The Morgan fingerprint density at radius 2 is 2.19 bits per heavy atom. The highest BCUT2D eigenvalue weighted by molar-refractivity contribution is 7.99. The lowest BCUT2D eigenvalue weighted by molar-refractivity contribution is -0.140. The maximum absolute atomic E-state index is 12.0. The van der Waals surface area contributed by atoms with E-state index in [4.69, 9.17) is 5.11 Å². The predicted molar refractivity (Wildman–Crippen MR) is 63.5 cm³/mol. The van der Waals surface area contributed by atoms with Crippen LogP contribution >= 0.6 is 11.8 Å². The van der Waals surface area contributed by atoms with Crippen LogP contribution in [0, 0.1) is 5.92 Å². The van der Waals surface area contributed by atoms with Crippen LogP contribution in [0.1, 0.15) is 13.8 Å². The summed E-state index contributed by atoms with van der Waals surface area (Å²) < 4.78 is 0. The molecule has 0 aromatic carbocycles. The summed E-state index contributed by atoms with van der Waals surface area (Å²) in [5.74, 6) is 0.415. The second-order valence-corrected chi connectivity index (χ2v) is 5.38. The number of amides is 2. The van der Waals surface area contributed by atoms with E-state index in [1.165, 1.54) is 16.7 Å². The van der Waals surface area contributed by atoms with Crippen LogP contribution in [0.3, 0.4) is 0 Å². The fourth-order valence-electron chi connectivity index (χ4n) is 1.68. The van der Waals surface area contributed by atoms with Gasteiger partial charge in [-0.2, -0.15) is 0 Å². The number of hydrogen-bond acceptors (Lipinski definition) is 3. The standard InChI is InChI=1S/C10H18N2O3S/c1-7(2)4-11(3)10(15)12-6-16-5-8(12)9(13)14/h7-8H,4-6H2,1-3H3,(H,13,14)/t8-/m0/s1. The minimum atomic E-state index is -0.920. The summed E-state index contributed by atoms with van der Waals surface area (Å²) in [4.78, 5) is 25.9. The molecule has 0 aromatic rings. The number of aliphatic carboxylic acids is 1. The van der Waals surface area contributed by atoms with Crippen LogP contribution in [0.5, 0.6) is 0 Å². The van der Waals surface area contributed by atoms with E-state index in [9.17, 15) is 9.59 Å². The van der Waals surface area contributed by atoms with E-state index in [1.54, 1.807) is 11.9 Å². The molecule has 92 valence electrons. The average molecular weight is 246 g/mol. The fourth-order valence-corrected chi connectivity index (χ4v) is 2.82. The van der Waals surface area contributed by atoms with Gasteiger partial charge in [0, 0.05) is 19.3 Å².